The van der Waals surface area contributed by atoms with Gasteiger partial charge in [0.2, 0.25) is 10.0 Å². The minimum Gasteiger partial charge on any atom is -0.480 e. The van der Waals surface area contributed by atoms with Gasteiger partial charge in [-0.2, -0.15) is 4.72 Å². The highest BCUT2D eigenvalue weighted by Crippen LogP contribution is 2.13. The Kier molecular flexibility index (Phi) is 4.86. The van der Waals surface area contributed by atoms with E-state index in [9.17, 15) is 13.2 Å². The van der Waals surface area contributed by atoms with E-state index >= 15 is 0 Å². The van der Waals surface area contributed by atoms with Crippen LogP contribution in [0.4, 0.5) is 0 Å². The summed E-state index contributed by atoms with van der Waals surface area (Å²) >= 11 is 0. The number of carboxylic acids is 1. The lowest BCUT2D eigenvalue weighted by atomic mass is 10.0. The average Bonchev–Trinajstić information content (AvgIpc) is 2.36. The second kappa shape index (κ2) is 5.97. The molecule has 18 heavy (non-hydrogen) atoms. The van der Waals surface area contributed by atoms with Gasteiger partial charge in [-0.3, -0.25) is 4.79 Å². The number of benzene rings is 1. The van der Waals surface area contributed by atoms with Gasteiger partial charge in [-0.25, -0.2) is 8.42 Å². The molecule has 0 amide bonds. The summed E-state index contributed by atoms with van der Waals surface area (Å²) in [5.74, 6) is -1.44. The monoisotopic (exact) mass is 271 g/mol. The second-order valence-electron chi connectivity index (χ2n) is 4.14. The van der Waals surface area contributed by atoms with Crippen molar-refractivity contribution < 1.29 is 18.3 Å². The Bertz CT molecular complexity index is 498. The van der Waals surface area contributed by atoms with Crippen LogP contribution in [0.1, 0.15) is 20.3 Å². The van der Waals surface area contributed by atoms with Crippen molar-refractivity contribution >= 4 is 16.0 Å². The number of rotatable bonds is 6. The van der Waals surface area contributed by atoms with Crippen molar-refractivity contribution in [2.24, 2.45) is 5.92 Å². The molecule has 0 aliphatic rings. The Morgan fingerprint density at radius 1 is 1.33 bits per heavy atom. The first-order valence-electron chi connectivity index (χ1n) is 5.68. The standard InChI is InChI=1S/C12H17NO4S/c1-3-9(2)11(12(14)15)13-18(16,17)10-7-5-4-6-8-10/h4-9,11,13H,3H2,1-2H3,(H,14,15)/t9-,11+/m0/s1. The van der Waals surface area contributed by atoms with Gasteiger partial charge in [-0.15, -0.1) is 0 Å². The molecule has 0 saturated heterocycles. The number of carbonyl (C=O) groups is 1. The molecular formula is C12H17NO4S. The molecule has 1 aromatic rings. The molecule has 5 nitrogen and oxygen atoms in total. The summed E-state index contributed by atoms with van der Waals surface area (Å²) in [6.07, 6.45) is 0.578. The third kappa shape index (κ3) is 3.54. The SMILES string of the molecule is CC[C@H](C)[C@@H](NS(=O)(=O)c1ccccc1)C(=O)O. The molecule has 2 atom stereocenters. The van der Waals surface area contributed by atoms with Crippen LogP contribution in [0.25, 0.3) is 0 Å². The third-order valence-electron chi connectivity index (χ3n) is 2.81. The van der Waals surface area contributed by atoms with E-state index in [2.05, 4.69) is 4.72 Å². The van der Waals surface area contributed by atoms with E-state index in [1.807, 2.05) is 6.92 Å². The van der Waals surface area contributed by atoms with Crippen LogP contribution in [0.3, 0.4) is 0 Å². The van der Waals surface area contributed by atoms with Crippen LogP contribution in [0, 0.1) is 5.92 Å². The maximum absolute atomic E-state index is 12.0. The van der Waals surface area contributed by atoms with Crippen LogP contribution >= 0.6 is 0 Å². The van der Waals surface area contributed by atoms with Crippen molar-refractivity contribution in [2.45, 2.75) is 31.2 Å². The second-order valence-corrected chi connectivity index (χ2v) is 5.85. The largest absolute Gasteiger partial charge is 0.480 e. The Morgan fingerprint density at radius 3 is 2.33 bits per heavy atom. The molecule has 0 unspecified atom stereocenters. The summed E-state index contributed by atoms with van der Waals surface area (Å²) in [4.78, 5) is 11.2. The minimum atomic E-state index is -3.79. The Hall–Kier alpha value is -1.40. The van der Waals surface area contributed by atoms with Gasteiger partial charge in [-0.05, 0) is 18.1 Å². The zero-order valence-electron chi connectivity index (χ0n) is 10.3. The predicted octanol–water partition coefficient (Wildman–Crippen LogP) is 1.46. The van der Waals surface area contributed by atoms with Crippen LogP contribution < -0.4 is 4.72 Å². The number of carboxylic acid groups (broad SMARTS) is 1. The van der Waals surface area contributed by atoms with E-state index in [-0.39, 0.29) is 10.8 Å². The fourth-order valence-electron chi connectivity index (χ4n) is 1.48. The van der Waals surface area contributed by atoms with Gasteiger partial charge in [0, 0.05) is 0 Å². The number of hydrogen-bond donors (Lipinski definition) is 2. The lowest BCUT2D eigenvalue weighted by molar-refractivity contribution is -0.140. The van der Waals surface area contributed by atoms with E-state index in [0.29, 0.717) is 6.42 Å². The highest BCUT2D eigenvalue weighted by Gasteiger charge is 2.29. The average molecular weight is 271 g/mol. The summed E-state index contributed by atoms with van der Waals surface area (Å²) in [7, 11) is -3.79. The predicted molar refractivity (Wildman–Crippen MR) is 67.6 cm³/mol. The van der Waals surface area contributed by atoms with Crippen LogP contribution in [0.5, 0.6) is 0 Å². The van der Waals surface area contributed by atoms with Crippen molar-refractivity contribution in [1.29, 1.82) is 0 Å². The van der Waals surface area contributed by atoms with Gasteiger partial charge in [0.25, 0.3) is 0 Å². The summed E-state index contributed by atoms with van der Waals surface area (Å²) in [5.41, 5.74) is 0. The Labute approximate surface area is 107 Å². The highest BCUT2D eigenvalue weighted by molar-refractivity contribution is 7.89. The third-order valence-corrected chi connectivity index (χ3v) is 4.27. The maximum atomic E-state index is 12.0. The molecular weight excluding hydrogens is 254 g/mol. The first kappa shape index (κ1) is 14.7. The highest BCUT2D eigenvalue weighted by atomic mass is 32.2. The summed E-state index contributed by atoms with van der Waals surface area (Å²) in [6.45, 7) is 3.52. The molecule has 0 fully saturated rings. The van der Waals surface area contributed by atoms with Crippen molar-refractivity contribution in [2.75, 3.05) is 0 Å². The van der Waals surface area contributed by atoms with Crippen LogP contribution in [0.15, 0.2) is 35.2 Å². The van der Waals surface area contributed by atoms with Crippen molar-refractivity contribution in [3.05, 3.63) is 30.3 Å². The number of sulfonamides is 1. The summed E-state index contributed by atoms with van der Waals surface area (Å²) in [6, 6.07) is 6.62. The van der Waals surface area contributed by atoms with Crippen LogP contribution in [-0.4, -0.2) is 25.5 Å². The normalized spacial score (nSPS) is 15.0. The van der Waals surface area contributed by atoms with E-state index < -0.39 is 22.0 Å². The smallest absolute Gasteiger partial charge is 0.322 e. The lowest BCUT2D eigenvalue weighted by Crippen LogP contribution is -2.44. The van der Waals surface area contributed by atoms with Gasteiger partial charge < -0.3 is 5.11 Å². The first-order chi connectivity index (χ1) is 8.38. The summed E-state index contributed by atoms with van der Waals surface area (Å²) < 4.78 is 26.2. The fraction of sp³-hybridized carbons (Fsp3) is 0.417. The maximum Gasteiger partial charge on any atom is 0.322 e. The van der Waals surface area contributed by atoms with Gasteiger partial charge in [0.1, 0.15) is 6.04 Å². The first-order valence-corrected chi connectivity index (χ1v) is 7.17. The van der Waals surface area contributed by atoms with Crippen LogP contribution in [-0.2, 0) is 14.8 Å². The molecule has 0 spiro atoms. The van der Waals surface area contributed by atoms with Gasteiger partial charge in [-0.1, -0.05) is 38.5 Å². The quantitative estimate of drug-likeness (QED) is 0.820. The molecule has 0 aliphatic heterocycles. The van der Waals surface area contributed by atoms with Gasteiger partial charge in [0.15, 0.2) is 0 Å². The number of aliphatic carboxylic acids is 1. The molecule has 0 radical (unpaired) electrons. The van der Waals surface area contributed by atoms with Crippen molar-refractivity contribution in [3.8, 4) is 0 Å². The van der Waals surface area contributed by atoms with E-state index in [0.717, 1.165) is 0 Å². The Morgan fingerprint density at radius 2 is 1.89 bits per heavy atom. The molecule has 0 aliphatic carbocycles. The van der Waals surface area contributed by atoms with Crippen molar-refractivity contribution in [1.82, 2.24) is 4.72 Å². The van der Waals surface area contributed by atoms with E-state index in [1.54, 1.807) is 25.1 Å². The molecule has 1 rings (SSSR count). The fourth-order valence-corrected chi connectivity index (χ4v) is 2.80. The summed E-state index contributed by atoms with van der Waals surface area (Å²) in [5, 5.41) is 9.06. The van der Waals surface area contributed by atoms with Gasteiger partial charge >= 0.3 is 5.97 Å². The van der Waals surface area contributed by atoms with Gasteiger partial charge in [0.05, 0.1) is 4.90 Å². The van der Waals surface area contributed by atoms with Crippen LogP contribution in [0.2, 0.25) is 0 Å². The molecule has 0 heterocycles. The molecule has 0 aromatic heterocycles. The molecule has 2 N–H and O–H groups in total. The molecule has 6 heteroatoms. The molecule has 0 bridgehead atoms. The topological polar surface area (TPSA) is 83.5 Å². The number of hydrogen-bond acceptors (Lipinski definition) is 3. The molecule has 0 saturated carbocycles. The van der Waals surface area contributed by atoms with E-state index in [1.165, 1.54) is 12.1 Å². The van der Waals surface area contributed by atoms with Crippen molar-refractivity contribution in [3.63, 3.8) is 0 Å². The zero-order chi connectivity index (χ0) is 13.8. The number of nitrogens with one attached hydrogen (secondary N) is 1. The molecule has 1 aromatic carbocycles. The minimum absolute atomic E-state index is 0.0690. The Balaban J connectivity index is 2.97. The lowest BCUT2D eigenvalue weighted by Gasteiger charge is -2.20. The molecule has 100 valence electrons. The zero-order valence-corrected chi connectivity index (χ0v) is 11.1. The van der Waals surface area contributed by atoms with E-state index in [4.69, 9.17) is 5.11 Å².